The van der Waals surface area contributed by atoms with Gasteiger partial charge in [-0.25, -0.2) is 4.79 Å². The number of benzene rings is 1. The lowest BCUT2D eigenvalue weighted by Crippen LogP contribution is -2.15. The molecule has 0 spiro atoms. The van der Waals surface area contributed by atoms with E-state index in [1.54, 1.807) is 13.0 Å². The Morgan fingerprint density at radius 3 is 2.41 bits per heavy atom. The van der Waals surface area contributed by atoms with Crippen LogP contribution in [0, 0.1) is 33.6 Å². The summed E-state index contributed by atoms with van der Waals surface area (Å²) >= 11 is 0. The number of aryl methyl sites for hydroxylation is 3. The van der Waals surface area contributed by atoms with Crippen LogP contribution in [-0.4, -0.2) is 26.8 Å². The molecule has 0 fully saturated rings. The summed E-state index contributed by atoms with van der Waals surface area (Å²) < 4.78 is 2.01. The van der Waals surface area contributed by atoms with Crippen LogP contribution < -0.4 is 5.32 Å². The summed E-state index contributed by atoms with van der Waals surface area (Å²) in [6.07, 6.45) is 0.934. The molecule has 0 bridgehead atoms. The summed E-state index contributed by atoms with van der Waals surface area (Å²) in [5.41, 5.74) is 5.46. The molecule has 0 saturated heterocycles. The monoisotopic (exact) mass is 371 g/mol. The molecule has 0 aliphatic rings. The third-order valence-electron chi connectivity index (χ3n) is 4.75. The van der Waals surface area contributed by atoms with E-state index in [1.165, 1.54) is 6.07 Å². The molecule has 1 aromatic heterocycles. The number of rotatable bonds is 7. The van der Waals surface area contributed by atoms with Crippen molar-refractivity contribution in [1.82, 2.24) is 9.78 Å². The minimum Gasteiger partial charge on any atom is -0.478 e. The zero-order valence-corrected chi connectivity index (χ0v) is 17.0. The summed E-state index contributed by atoms with van der Waals surface area (Å²) in [6, 6.07) is 3.31. The van der Waals surface area contributed by atoms with Gasteiger partial charge in [0.15, 0.2) is 0 Å². The maximum atomic E-state index is 12.4. The molecular weight excluding hydrogens is 342 g/mol. The molecule has 6 nitrogen and oxygen atoms in total. The van der Waals surface area contributed by atoms with E-state index in [0.29, 0.717) is 30.0 Å². The lowest BCUT2D eigenvalue weighted by Gasteiger charge is -2.12. The van der Waals surface area contributed by atoms with Gasteiger partial charge in [-0.05, 0) is 62.8 Å². The fourth-order valence-corrected chi connectivity index (χ4v) is 3.29. The molecule has 1 heterocycles. The highest BCUT2D eigenvalue weighted by molar-refractivity contribution is 5.95. The van der Waals surface area contributed by atoms with Crippen LogP contribution in [0.15, 0.2) is 12.1 Å². The smallest absolute Gasteiger partial charge is 0.336 e. The first-order valence-electron chi connectivity index (χ1n) is 9.27. The van der Waals surface area contributed by atoms with Gasteiger partial charge in [0.1, 0.15) is 0 Å². The maximum Gasteiger partial charge on any atom is 0.336 e. The van der Waals surface area contributed by atoms with Gasteiger partial charge < -0.3 is 10.4 Å². The van der Waals surface area contributed by atoms with Crippen LogP contribution in [0.2, 0.25) is 0 Å². The van der Waals surface area contributed by atoms with Crippen molar-refractivity contribution >= 4 is 17.6 Å². The van der Waals surface area contributed by atoms with E-state index in [9.17, 15) is 14.7 Å². The van der Waals surface area contributed by atoms with Gasteiger partial charge in [-0.2, -0.15) is 5.10 Å². The summed E-state index contributed by atoms with van der Waals surface area (Å²) in [6.45, 7) is 12.8. The summed E-state index contributed by atoms with van der Waals surface area (Å²) in [4.78, 5) is 23.7. The Labute approximate surface area is 160 Å². The van der Waals surface area contributed by atoms with Crippen molar-refractivity contribution in [2.24, 2.45) is 5.92 Å². The number of amides is 1. The molecular formula is C21H29N3O3. The second-order valence-electron chi connectivity index (χ2n) is 7.56. The number of hydrogen-bond acceptors (Lipinski definition) is 3. The zero-order chi connectivity index (χ0) is 20.3. The van der Waals surface area contributed by atoms with Gasteiger partial charge in [-0.3, -0.25) is 9.48 Å². The molecule has 1 aromatic carbocycles. The molecule has 0 aliphatic carbocycles. The number of hydrogen-bond donors (Lipinski definition) is 2. The number of carboxylic acids is 1. The van der Waals surface area contributed by atoms with Gasteiger partial charge in [0.2, 0.25) is 5.91 Å². The minimum absolute atomic E-state index is 0.131. The fourth-order valence-electron chi connectivity index (χ4n) is 3.29. The van der Waals surface area contributed by atoms with Crippen molar-refractivity contribution in [3.05, 3.63) is 45.8 Å². The van der Waals surface area contributed by atoms with Crippen LogP contribution in [-0.2, 0) is 17.8 Å². The van der Waals surface area contributed by atoms with Gasteiger partial charge in [-0.15, -0.1) is 0 Å². The Morgan fingerprint density at radius 2 is 1.81 bits per heavy atom. The first-order valence-corrected chi connectivity index (χ1v) is 9.27. The summed E-state index contributed by atoms with van der Waals surface area (Å²) in [5.74, 6) is -0.618. The predicted molar refractivity (Wildman–Crippen MR) is 106 cm³/mol. The molecule has 0 radical (unpaired) electrons. The number of aromatic nitrogens is 2. The SMILES string of the molecule is Cc1cc(C)c(C(=O)O)cc1NC(=O)CCc1c(C)nn(CC(C)C)c1C. The normalized spacial score (nSPS) is 11.1. The number of anilines is 1. The molecule has 2 rings (SSSR count). The lowest BCUT2D eigenvalue weighted by molar-refractivity contribution is -0.116. The van der Waals surface area contributed by atoms with Crippen molar-refractivity contribution < 1.29 is 14.7 Å². The molecule has 0 unspecified atom stereocenters. The van der Waals surface area contributed by atoms with Crippen LogP contribution in [0.4, 0.5) is 5.69 Å². The summed E-state index contributed by atoms with van der Waals surface area (Å²) in [7, 11) is 0. The van der Waals surface area contributed by atoms with E-state index >= 15 is 0 Å². The van der Waals surface area contributed by atoms with Crippen LogP contribution in [0.1, 0.15) is 58.7 Å². The third kappa shape index (κ3) is 4.96. The highest BCUT2D eigenvalue weighted by Crippen LogP contribution is 2.22. The molecule has 27 heavy (non-hydrogen) atoms. The van der Waals surface area contributed by atoms with E-state index < -0.39 is 5.97 Å². The number of carbonyl (C=O) groups excluding carboxylic acids is 1. The molecule has 0 atom stereocenters. The van der Waals surface area contributed by atoms with Gasteiger partial charge >= 0.3 is 5.97 Å². The van der Waals surface area contributed by atoms with Crippen LogP contribution in [0.25, 0.3) is 0 Å². The Hall–Kier alpha value is -2.63. The molecule has 1 amide bonds. The number of aromatic carboxylic acids is 1. The van der Waals surface area contributed by atoms with Crippen molar-refractivity contribution in [3.8, 4) is 0 Å². The maximum absolute atomic E-state index is 12.4. The Morgan fingerprint density at radius 1 is 1.15 bits per heavy atom. The highest BCUT2D eigenvalue weighted by Gasteiger charge is 2.15. The van der Waals surface area contributed by atoms with E-state index in [4.69, 9.17) is 0 Å². The van der Waals surface area contributed by atoms with Crippen molar-refractivity contribution in [3.63, 3.8) is 0 Å². The molecule has 0 saturated carbocycles. The first-order chi connectivity index (χ1) is 12.6. The van der Waals surface area contributed by atoms with Crippen molar-refractivity contribution in [2.45, 2.75) is 60.9 Å². The molecule has 2 aromatic rings. The van der Waals surface area contributed by atoms with E-state index in [2.05, 4.69) is 24.3 Å². The van der Waals surface area contributed by atoms with Crippen LogP contribution >= 0.6 is 0 Å². The number of nitrogens with one attached hydrogen (secondary N) is 1. The van der Waals surface area contributed by atoms with Crippen molar-refractivity contribution in [1.29, 1.82) is 0 Å². The van der Waals surface area contributed by atoms with Crippen molar-refractivity contribution in [2.75, 3.05) is 5.32 Å². The van der Waals surface area contributed by atoms with E-state index in [1.807, 2.05) is 25.5 Å². The average molecular weight is 371 g/mol. The predicted octanol–water partition coefficient (Wildman–Crippen LogP) is 4.04. The number of nitrogens with zero attached hydrogens (tertiary/aromatic N) is 2. The van der Waals surface area contributed by atoms with Gasteiger partial charge in [-0.1, -0.05) is 19.9 Å². The Kier molecular flexibility index (Phi) is 6.41. The molecule has 6 heteroatoms. The Bertz CT molecular complexity index is 866. The summed E-state index contributed by atoms with van der Waals surface area (Å²) in [5, 5.41) is 16.7. The quantitative estimate of drug-likeness (QED) is 0.769. The Balaban J connectivity index is 2.09. The highest BCUT2D eigenvalue weighted by atomic mass is 16.4. The number of carboxylic acid groups (broad SMARTS) is 1. The first kappa shape index (κ1) is 20.7. The largest absolute Gasteiger partial charge is 0.478 e. The third-order valence-corrected chi connectivity index (χ3v) is 4.75. The van der Waals surface area contributed by atoms with E-state index in [-0.39, 0.29) is 11.5 Å². The van der Waals surface area contributed by atoms with Crippen LogP contribution in [0.3, 0.4) is 0 Å². The lowest BCUT2D eigenvalue weighted by atomic mass is 10.0. The van der Waals surface area contributed by atoms with Gasteiger partial charge in [0, 0.05) is 24.3 Å². The number of carbonyl (C=O) groups is 2. The van der Waals surface area contributed by atoms with Crippen LogP contribution in [0.5, 0.6) is 0 Å². The second-order valence-corrected chi connectivity index (χ2v) is 7.56. The van der Waals surface area contributed by atoms with Gasteiger partial charge in [0.25, 0.3) is 0 Å². The molecule has 0 aliphatic heterocycles. The van der Waals surface area contributed by atoms with E-state index in [0.717, 1.165) is 29.1 Å². The molecule has 2 N–H and O–H groups in total. The topological polar surface area (TPSA) is 84.2 Å². The van der Waals surface area contributed by atoms with Gasteiger partial charge in [0.05, 0.1) is 11.3 Å². The zero-order valence-electron chi connectivity index (χ0n) is 17.0. The standard InChI is InChI=1S/C21H29N3O3/c1-12(2)11-24-16(6)17(15(5)23-24)7-8-20(25)22-19-10-18(21(26)27)13(3)9-14(19)4/h9-10,12H,7-8,11H2,1-6H3,(H,22,25)(H,26,27). The average Bonchev–Trinajstić information content (AvgIpc) is 2.81. The minimum atomic E-state index is -0.994. The molecule has 146 valence electrons. The second kappa shape index (κ2) is 8.37. The fraction of sp³-hybridized carbons (Fsp3) is 0.476.